The summed E-state index contributed by atoms with van der Waals surface area (Å²) in [7, 11) is 0. The van der Waals surface area contributed by atoms with Crippen LogP contribution in [0.4, 0.5) is 17.1 Å². The zero-order valence-electron chi connectivity index (χ0n) is 15.4. The van der Waals surface area contributed by atoms with Gasteiger partial charge >= 0.3 is 5.97 Å². The quantitative estimate of drug-likeness (QED) is 0.442. The van der Waals surface area contributed by atoms with Crippen molar-refractivity contribution in [3.63, 3.8) is 0 Å². The van der Waals surface area contributed by atoms with Gasteiger partial charge in [-0.3, -0.25) is 24.1 Å². The number of imide groups is 1. The molecule has 1 N–H and O–H groups in total. The van der Waals surface area contributed by atoms with Crippen LogP contribution < -0.4 is 5.32 Å². The first-order valence-corrected chi connectivity index (χ1v) is 9.94. The molecule has 0 radical (unpaired) electrons. The number of rotatable bonds is 6. The lowest BCUT2D eigenvalue weighted by Gasteiger charge is -2.14. The molecule has 0 saturated carbocycles. The Kier molecular flexibility index (Phi) is 5.34. The fraction of sp³-hybridized carbons (Fsp3) is 0.368. The average molecular weight is 414 g/mol. The number of nitrogens with one attached hydrogen (secondary N) is 1. The molecular weight excluding hydrogens is 396 g/mol. The van der Waals surface area contributed by atoms with Crippen LogP contribution in [0.2, 0.25) is 0 Å². The number of anilines is 1. The van der Waals surface area contributed by atoms with Crippen molar-refractivity contribution in [1.82, 2.24) is 4.90 Å². The van der Waals surface area contributed by atoms with Gasteiger partial charge in [0.15, 0.2) is 6.61 Å². The Morgan fingerprint density at radius 3 is 2.59 bits per heavy atom. The lowest BCUT2D eigenvalue weighted by Crippen LogP contribution is -2.33. The molecule has 1 aromatic rings. The third-order valence-corrected chi connectivity index (χ3v) is 5.61. The van der Waals surface area contributed by atoms with Gasteiger partial charge in [0.05, 0.1) is 35.3 Å². The van der Waals surface area contributed by atoms with Gasteiger partial charge in [-0.25, -0.2) is 0 Å². The molecule has 1 aromatic carbocycles. The zero-order chi connectivity index (χ0) is 20.4. The summed E-state index contributed by atoms with van der Waals surface area (Å²) in [5.41, 5.74) is 1.72. The highest BCUT2D eigenvalue weighted by Gasteiger charge is 2.46. The van der Waals surface area contributed by atoms with Crippen LogP contribution in [0.3, 0.4) is 0 Å². The average Bonchev–Trinajstić information content (AvgIpc) is 3.30. The Morgan fingerprint density at radius 2 is 1.86 bits per heavy atom. The molecule has 10 heteroatoms. The van der Waals surface area contributed by atoms with Gasteiger partial charge in [-0.1, -0.05) is 18.2 Å². The smallest absolute Gasteiger partial charge is 0.308 e. The van der Waals surface area contributed by atoms with Crippen molar-refractivity contribution in [3.8, 4) is 0 Å². The van der Waals surface area contributed by atoms with Crippen molar-refractivity contribution in [2.75, 3.05) is 18.5 Å². The van der Waals surface area contributed by atoms with E-state index in [1.165, 1.54) is 0 Å². The van der Waals surface area contributed by atoms with E-state index in [4.69, 9.17) is 4.74 Å². The number of carbonyl (C=O) groups excluding carboxylic acids is 4. The fourth-order valence-electron chi connectivity index (χ4n) is 3.60. The van der Waals surface area contributed by atoms with Gasteiger partial charge in [-0.05, 0) is 25.0 Å². The normalized spacial score (nSPS) is 21.6. The largest absolute Gasteiger partial charge is 0.456 e. The number of carbonyl (C=O) groups is 4. The van der Waals surface area contributed by atoms with E-state index in [-0.39, 0.29) is 36.6 Å². The Balaban J connectivity index is 1.24. The summed E-state index contributed by atoms with van der Waals surface area (Å²) in [6.07, 6.45) is 4.77. The maximum Gasteiger partial charge on any atom is 0.308 e. The molecule has 0 aromatic heterocycles. The van der Waals surface area contributed by atoms with Crippen LogP contribution in [0, 0.1) is 11.8 Å². The van der Waals surface area contributed by atoms with Crippen LogP contribution in [0.1, 0.15) is 19.3 Å². The molecule has 2 atom stereocenters. The van der Waals surface area contributed by atoms with E-state index in [1.807, 2.05) is 12.2 Å². The maximum atomic E-state index is 12.4. The number of benzene rings is 1. The second-order valence-electron chi connectivity index (χ2n) is 6.88. The van der Waals surface area contributed by atoms with E-state index in [1.54, 1.807) is 18.2 Å². The van der Waals surface area contributed by atoms with Crippen molar-refractivity contribution in [1.29, 1.82) is 0 Å². The van der Waals surface area contributed by atoms with Crippen molar-refractivity contribution >= 4 is 52.1 Å². The number of hydrogen-bond donors (Lipinski definition) is 1. The van der Waals surface area contributed by atoms with Crippen LogP contribution in [-0.2, 0) is 35.3 Å². The van der Waals surface area contributed by atoms with E-state index in [9.17, 15) is 19.2 Å². The summed E-state index contributed by atoms with van der Waals surface area (Å²) >= 11 is 1.04. The van der Waals surface area contributed by atoms with Gasteiger partial charge in [0, 0.05) is 6.54 Å². The van der Waals surface area contributed by atoms with Crippen molar-refractivity contribution < 1.29 is 23.9 Å². The molecule has 1 aliphatic carbocycles. The minimum absolute atomic E-state index is 0.0328. The molecule has 9 nitrogen and oxygen atoms in total. The number of fused-ring (bicyclic) bond motifs is 2. The van der Waals surface area contributed by atoms with Gasteiger partial charge < -0.3 is 10.1 Å². The van der Waals surface area contributed by atoms with Crippen LogP contribution in [-0.4, -0.2) is 41.7 Å². The number of esters is 1. The Hall–Kier alpha value is -3.14. The summed E-state index contributed by atoms with van der Waals surface area (Å²) in [6.45, 7) is -0.501. The monoisotopic (exact) mass is 414 g/mol. The zero-order valence-corrected chi connectivity index (χ0v) is 16.2. The molecule has 0 spiro atoms. The van der Waals surface area contributed by atoms with Gasteiger partial charge in [0.1, 0.15) is 11.4 Å². The SMILES string of the molecule is O=C(COC(=O)CCN1C(=O)[C@@H]2CC=CC[C@H]2C1=O)Nc1cccc2c1N=S=N2. The molecule has 150 valence electrons. The number of amides is 3. The highest BCUT2D eigenvalue weighted by molar-refractivity contribution is 7.58. The number of hydrogen-bond acceptors (Lipinski definition) is 7. The molecular formula is C19H18N4O5S. The Morgan fingerprint density at radius 1 is 1.14 bits per heavy atom. The molecule has 3 amide bonds. The molecule has 0 bridgehead atoms. The summed E-state index contributed by atoms with van der Waals surface area (Å²) in [5.74, 6) is -2.28. The predicted octanol–water partition coefficient (Wildman–Crippen LogP) is 2.24. The topological polar surface area (TPSA) is 118 Å². The molecule has 4 rings (SSSR count). The van der Waals surface area contributed by atoms with E-state index in [2.05, 4.69) is 14.0 Å². The minimum atomic E-state index is -0.651. The van der Waals surface area contributed by atoms with E-state index >= 15 is 0 Å². The summed E-state index contributed by atoms with van der Waals surface area (Å²) in [6, 6.07) is 5.20. The lowest BCUT2D eigenvalue weighted by atomic mass is 9.85. The Bertz CT molecular complexity index is 972. The number of allylic oxidation sites excluding steroid dienone is 2. The van der Waals surface area contributed by atoms with E-state index in [0.29, 0.717) is 29.9 Å². The molecule has 1 saturated heterocycles. The van der Waals surface area contributed by atoms with Gasteiger partial charge in [-0.15, -0.1) is 0 Å². The second-order valence-corrected chi connectivity index (χ2v) is 7.41. The number of nitrogens with zero attached hydrogens (tertiary/aromatic N) is 3. The number of ether oxygens (including phenoxy) is 1. The minimum Gasteiger partial charge on any atom is -0.456 e. The van der Waals surface area contributed by atoms with Gasteiger partial charge in [0.25, 0.3) is 5.91 Å². The molecule has 0 unspecified atom stereocenters. The summed E-state index contributed by atoms with van der Waals surface area (Å²) in [4.78, 5) is 49.9. The first kappa shape index (κ1) is 19.2. The van der Waals surface area contributed by atoms with E-state index < -0.39 is 18.5 Å². The molecule has 3 aliphatic rings. The summed E-state index contributed by atoms with van der Waals surface area (Å²) < 4.78 is 13.2. The van der Waals surface area contributed by atoms with Crippen LogP contribution in [0.5, 0.6) is 0 Å². The fourth-order valence-corrected chi connectivity index (χ4v) is 4.15. The Labute approximate surface area is 170 Å². The molecule has 1 fully saturated rings. The van der Waals surface area contributed by atoms with Crippen LogP contribution >= 0.6 is 0 Å². The van der Waals surface area contributed by atoms with Crippen molar-refractivity contribution in [2.24, 2.45) is 20.6 Å². The maximum absolute atomic E-state index is 12.4. The van der Waals surface area contributed by atoms with Gasteiger partial charge in [0.2, 0.25) is 11.8 Å². The highest BCUT2D eigenvalue weighted by atomic mass is 32.1. The molecule has 2 aliphatic heterocycles. The van der Waals surface area contributed by atoms with Crippen LogP contribution in [0.25, 0.3) is 0 Å². The highest BCUT2D eigenvalue weighted by Crippen LogP contribution is 2.38. The first-order valence-electron chi connectivity index (χ1n) is 9.21. The van der Waals surface area contributed by atoms with Gasteiger partial charge in [-0.2, -0.15) is 8.73 Å². The summed E-state index contributed by atoms with van der Waals surface area (Å²) in [5, 5.41) is 2.63. The third-order valence-electron chi connectivity index (χ3n) is 5.06. The number of likely N-dealkylation sites (tertiary alicyclic amines) is 1. The van der Waals surface area contributed by atoms with Crippen LogP contribution in [0.15, 0.2) is 39.1 Å². The van der Waals surface area contributed by atoms with Crippen molar-refractivity contribution in [3.05, 3.63) is 30.4 Å². The van der Waals surface area contributed by atoms with E-state index in [0.717, 1.165) is 16.3 Å². The first-order chi connectivity index (χ1) is 14.0. The molecule has 29 heavy (non-hydrogen) atoms. The third kappa shape index (κ3) is 3.88. The standard InChI is InChI=1S/C19H18N4O5S/c24-15(20-13-6-3-7-14-17(13)22-29-21-14)10-28-16(25)8-9-23-18(26)11-4-1-2-5-12(11)19(23)27/h1-3,6-7,11-12H,4-5,8-10H2,(H,20,24)/t11-,12-/m1/s1. The van der Waals surface area contributed by atoms with Crippen molar-refractivity contribution in [2.45, 2.75) is 19.3 Å². The molecule has 2 heterocycles. The second kappa shape index (κ2) is 8.08. The predicted molar refractivity (Wildman–Crippen MR) is 104 cm³/mol. The lowest BCUT2D eigenvalue weighted by molar-refractivity contribution is -0.148.